The maximum Gasteiger partial charge on any atom is 0.387 e. The molecule has 7 heteroatoms. The van der Waals surface area contributed by atoms with Gasteiger partial charge in [-0.25, -0.2) is 0 Å². The zero-order chi connectivity index (χ0) is 16.7. The molecule has 0 spiro atoms. The van der Waals surface area contributed by atoms with Crippen molar-refractivity contribution in [3.8, 4) is 5.75 Å². The normalized spacial score (nSPS) is 10.2. The first-order valence-corrected chi connectivity index (χ1v) is 6.72. The molecule has 0 aliphatic heterocycles. The van der Waals surface area contributed by atoms with Gasteiger partial charge in [0.2, 0.25) is 5.91 Å². The third-order valence-corrected chi connectivity index (χ3v) is 2.79. The van der Waals surface area contributed by atoms with Crippen LogP contribution in [-0.2, 0) is 4.79 Å². The third-order valence-electron chi connectivity index (χ3n) is 2.79. The monoisotopic (exact) mass is 320 g/mol. The number of carbonyl (C=O) groups is 2. The van der Waals surface area contributed by atoms with E-state index in [2.05, 4.69) is 15.4 Å². The van der Waals surface area contributed by atoms with E-state index in [9.17, 15) is 18.4 Å². The van der Waals surface area contributed by atoms with Crippen LogP contribution in [0.1, 0.15) is 10.4 Å². The number of amides is 2. The van der Waals surface area contributed by atoms with E-state index in [1.54, 1.807) is 24.3 Å². The van der Waals surface area contributed by atoms with Crippen LogP contribution in [0.4, 0.5) is 14.5 Å². The molecule has 2 amide bonds. The average molecular weight is 320 g/mol. The van der Waals surface area contributed by atoms with Gasteiger partial charge in [0.15, 0.2) is 0 Å². The molecule has 120 valence electrons. The van der Waals surface area contributed by atoms with Crippen LogP contribution >= 0.6 is 0 Å². The highest BCUT2D eigenvalue weighted by atomic mass is 19.3. The molecule has 0 aliphatic rings. The number of nitrogens with one attached hydrogen (secondary N) is 2. The Labute approximate surface area is 131 Å². The Bertz CT molecular complexity index is 678. The molecule has 0 radical (unpaired) electrons. The van der Waals surface area contributed by atoms with Crippen molar-refractivity contribution in [2.24, 2.45) is 0 Å². The van der Waals surface area contributed by atoms with Gasteiger partial charge < -0.3 is 15.4 Å². The van der Waals surface area contributed by atoms with Crippen molar-refractivity contribution in [1.82, 2.24) is 5.32 Å². The van der Waals surface area contributed by atoms with Gasteiger partial charge in [0.05, 0.1) is 6.54 Å². The Kier molecular flexibility index (Phi) is 5.62. The number of hydrogen-bond donors (Lipinski definition) is 2. The number of benzene rings is 2. The van der Waals surface area contributed by atoms with Crippen LogP contribution < -0.4 is 15.4 Å². The fourth-order valence-corrected chi connectivity index (χ4v) is 1.80. The van der Waals surface area contributed by atoms with Gasteiger partial charge in [-0.3, -0.25) is 9.59 Å². The SMILES string of the molecule is O=C(CNC(=O)c1cccc(OC(F)F)c1)Nc1ccccc1. The number of hydrogen-bond acceptors (Lipinski definition) is 3. The summed E-state index contributed by atoms with van der Waals surface area (Å²) in [6, 6.07) is 14.1. The minimum absolute atomic E-state index is 0.121. The minimum Gasteiger partial charge on any atom is -0.435 e. The molecule has 0 aromatic heterocycles. The molecule has 0 saturated carbocycles. The van der Waals surface area contributed by atoms with E-state index < -0.39 is 18.4 Å². The topological polar surface area (TPSA) is 67.4 Å². The second-order valence-electron chi connectivity index (χ2n) is 4.50. The average Bonchev–Trinajstić information content (AvgIpc) is 2.53. The zero-order valence-corrected chi connectivity index (χ0v) is 12.0. The predicted octanol–water partition coefficient (Wildman–Crippen LogP) is 2.66. The maximum absolute atomic E-state index is 12.1. The molecule has 0 fully saturated rings. The van der Waals surface area contributed by atoms with Crippen molar-refractivity contribution >= 4 is 17.5 Å². The zero-order valence-electron chi connectivity index (χ0n) is 12.0. The maximum atomic E-state index is 12.1. The van der Waals surface area contributed by atoms with Crippen molar-refractivity contribution in [3.05, 3.63) is 60.2 Å². The van der Waals surface area contributed by atoms with E-state index in [4.69, 9.17) is 0 Å². The largest absolute Gasteiger partial charge is 0.435 e. The van der Waals surface area contributed by atoms with Crippen LogP contribution in [0.3, 0.4) is 0 Å². The van der Waals surface area contributed by atoms with Crippen molar-refractivity contribution in [2.75, 3.05) is 11.9 Å². The Morgan fingerprint density at radius 2 is 1.78 bits per heavy atom. The summed E-state index contributed by atoms with van der Waals surface area (Å²) in [5.74, 6) is -1.08. The van der Waals surface area contributed by atoms with Gasteiger partial charge in [0, 0.05) is 11.3 Å². The van der Waals surface area contributed by atoms with Crippen LogP contribution in [0.15, 0.2) is 54.6 Å². The molecular formula is C16H14F2N2O3. The lowest BCUT2D eigenvalue weighted by atomic mass is 10.2. The molecule has 2 N–H and O–H groups in total. The molecule has 0 bridgehead atoms. The highest BCUT2D eigenvalue weighted by Gasteiger charge is 2.11. The molecule has 2 aromatic rings. The third kappa shape index (κ3) is 5.39. The van der Waals surface area contributed by atoms with E-state index >= 15 is 0 Å². The first-order chi connectivity index (χ1) is 11.0. The van der Waals surface area contributed by atoms with Crippen molar-refractivity contribution < 1.29 is 23.1 Å². The number of halogens is 2. The minimum atomic E-state index is -2.97. The van der Waals surface area contributed by atoms with E-state index in [1.807, 2.05) is 6.07 Å². The van der Waals surface area contributed by atoms with Crippen molar-refractivity contribution in [3.63, 3.8) is 0 Å². The van der Waals surface area contributed by atoms with Gasteiger partial charge in [0.25, 0.3) is 5.91 Å². The van der Waals surface area contributed by atoms with Gasteiger partial charge in [-0.2, -0.15) is 8.78 Å². The molecule has 0 heterocycles. The lowest BCUT2D eigenvalue weighted by Gasteiger charge is -2.08. The number of ether oxygens (including phenoxy) is 1. The van der Waals surface area contributed by atoms with E-state index in [-0.39, 0.29) is 17.9 Å². The van der Waals surface area contributed by atoms with Gasteiger partial charge >= 0.3 is 6.61 Å². The molecule has 23 heavy (non-hydrogen) atoms. The van der Waals surface area contributed by atoms with Gasteiger partial charge in [-0.1, -0.05) is 24.3 Å². The van der Waals surface area contributed by atoms with E-state index in [0.29, 0.717) is 5.69 Å². The lowest BCUT2D eigenvalue weighted by molar-refractivity contribution is -0.115. The number of rotatable bonds is 6. The van der Waals surface area contributed by atoms with Crippen LogP contribution in [0.2, 0.25) is 0 Å². The summed E-state index contributed by atoms with van der Waals surface area (Å²) in [6.45, 7) is -3.21. The van der Waals surface area contributed by atoms with Crippen LogP contribution in [0.25, 0.3) is 0 Å². The van der Waals surface area contributed by atoms with E-state index in [1.165, 1.54) is 24.3 Å². The molecule has 2 rings (SSSR count). The molecule has 0 unspecified atom stereocenters. The number of anilines is 1. The summed E-state index contributed by atoms with van der Waals surface area (Å²) >= 11 is 0. The molecule has 2 aromatic carbocycles. The highest BCUT2D eigenvalue weighted by molar-refractivity contribution is 5.99. The standard InChI is InChI=1S/C16H14F2N2O3/c17-16(18)23-13-8-4-5-11(9-13)15(22)19-10-14(21)20-12-6-2-1-3-7-12/h1-9,16H,10H2,(H,19,22)(H,20,21). The Balaban J connectivity index is 1.88. The first-order valence-electron chi connectivity index (χ1n) is 6.72. The van der Waals surface area contributed by atoms with Crippen LogP contribution in [0, 0.1) is 0 Å². The lowest BCUT2D eigenvalue weighted by Crippen LogP contribution is -2.32. The summed E-state index contributed by atoms with van der Waals surface area (Å²) in [4.78, 5) is 23.6. The highest BCUT2D eigenvalue weighted by Crippen LogP contribution is 2.15. The summed E-state index contributed by atoms with van der Waals surface area (Å²) in [6.07, 6.45) is 0. The number of carbonyl (C=O) groups excluding carboxylic acids is 2. The molecular weight excluding hydrogens is 306 g/mol. The molecule has 0 aliphatic carbocycles. The Hall–Kier alpha value is -2.96. The Morgan fingerprint density at radius 1 is 1.04 bits per heavy atom. The first kappa shape index (κ1) is 16.4. The van der Waals surface area contributed by atoms with Crippen LogP contribution in [0.5, 0.6) is 5.75 Å². The number of para-hydroxylation sites is 1. The van der Waals surface area contributed by atoms with Gasteiger partial charge in [-0.05, 0) is 30.3 Å². The Morgan fingerprint density at radius 3 is 2.48 bits per heavy atom. The van der Waals surface area contributed by atoms with Gasteiger partial charge in [0.1, 0.15) is 5.75 Å². The summed E-state index contributed by atoms with van der Waals surface area (Å²) < 4.78 is 28.5. The summed E-state index contributed by atoms with van der Waals surface area (Å²) in [5, 5.41) is 5.01. The number of alkyl halides is 2. The molecule has 5 nitrogen and oxygen atoms in total. The van der Waals surface area contributed by atoms with Crippen molar-refractivity contribution in [1.29, 1.82) is 0 Å². The predicted molar refractivity (Wildman–Crippen MR) is 80.5 cm³/mol. The summed E-state index contributed by atoms with van der Waals surface area (Å²) in [7, 11) is 0. The van der Waals surface area contributed by atoms with Gasteiger partial charge in [-0.15, -0.1) is 0 Å². The van der Waals surface area contributed by atoms with Crippen molar-refractivity contribution in [2.45, 2.75) is 6.61 Å². The smallest absolute Gasteiger partial charge is 0.387 e. The second kappa shape index (κ2) is 7.88. The second-order valence-corrected chi connectivity index (χ2v) is 4.50. The quantitative estimate of drug-likeness (QED) is 0.860. The summed E-state index contributed by atoms with van der Waals surface area (Å²) in [5.41, 5.74) is 0.731. The fraction of sp³-hybridized carbons (Fsp3) is 0.125. The van der Waals surface area contributed by atoms with Crippen LogP contribution in [-0.4, -0.2) is 25.0 Å². The van der Waals surface area contributed by atoms with E-state index in [0.717, 1.165) is 0 Å². The fourth-order valence-electron chi connectivity index (χ4n) is 1.80. The molecule has 0 saturated heterocycles. The molecule has 0 atom stereocenters.